The molecule has 0 spiro atoms. The second-order valence-corrected chi connectivity index (χ2v) is 6.98. The van der Waals surface area contributed by atoms with Gasteiger partial charge in [-0.05, 0) is 18.2 Å². The van der Waals surface area contributed by atoms with Crippen molar-refractivity contribution >= 4 is 27.8 Å². The van der Waals surface area contributed by atoms with Crippen LogP contribution >= 0.6 is 0 Å². The number of methoxy groups -OCH3 is 3. The molecule has 2 aromatic carbocycles. The van der Waals surface area contributed by atoms with Gasteiger partial charge in [-0.3, -0.25) is 0 Å². The predicted octanol–water partition coefficient (Wildman–Crippen LogP) is 3.14. The number of imidazole rings is 1. The first-order valence-corrected chi connectivity index (χ1v) is 9.36. The van der Waals surface area contributed by atoms with Gasteiger partial charge in [-0.15, -0.1) is 0 Å². The zero-order valence-electron chi connectivity index (χ0n) is 16.5. The Labute approximate surface area is 167 Å². The standard InChI is InChI=1S/C21H21N5O3/c1-27-16-8-13-17(19(29-3)18(16)28-2)22-11-23-21(13)26-9-12(10-26)20-24-14-6-4-5-7-15(14)25-20/h4-8,11-12H,9-10H2,1-3H3,(H,24,25). The molecule has 4 aromatic rings. The van der Waals surface area contributed by atoms with Crippen molar-refractivity contribution in [3.8, 4) is 17.2 Å². The largest absolute Gasteiger partial charge is 0.493 e. The summed E-state index contributed by atoms with van der Waals surface area (Å²) in [7, 11) is 4.79. The molecule has 5 rings (SSSR count). The van der Waals surface area contributed by atoms with Gasteiger partial charge in [0.2, 0.25) is 5.75 Å². The lowest BCUT2D eigenvalue weighted by Gasteiger charge is -2.39. The third-order valence-corrected chi connectivity index (χ3v) is 5.39. The number of benzene rings is 2. The van der Waals surface area contributed by atoms with E-state index in [-0.39, 0.29) is 0 Å². The van der Waals surface area contributed by atoms with Crippen LogP contribution in [0.3, 0.4) is 0 Å². The monoisotopic (exact) mass is 391 g/mol. The van der Waals surface area contributed by atoms with Gasteiger partial charge in [0.15, 0.2) is 11.5 Å². The highest BCUT2D eigenvalue weighted by Gasteiger charge is 2.33. The van der Waals surface area contributed by atoms with Crippen molar-refractivity contribution in [2.45, 2.75) is 5.92 Å². The maximum atomic E-state index is 5.57. The molecule has 8 nitrogen and oxygen atoms in total. The van der Waals surface area contributed by atoms with Gasteiger partial charge in [0.1, 0.15) is 23.5 Å². The van der Waals surface area contributed by atoms with Crippen LogP contribution in [-0.4, -0.2) is 54.4 Å². The number of nitrogens with zero attached hydrogens (tertiary/aromatic N) is 4. The van der Waals surface area contributed by atoms with E-state index in [0.29, 0.717) is 28.7 Å². The summed E-state index contributed by atoms with van der Waals surface area (Å²) >= 11 is 0. The number of H-pyrrole nitrogens is 1. The minimum absolute atomic E-state index is 0.328. The fourth-order valence-electron chi connectivity index (χ4n) is 3.89. The molecule has 0 radical (unpaired) electrons. The normalized spacial score (nSPS) is 14.2. The van der Waals surface area contributed by atoms with Crippen LogP contribution in [0.5, 0.6) is 17.2 Å². The quantitative estimate of drug-likeness (QED) is 0.559. The molecule has 29 heavy (non-hydrogen) atoms. The first-order chi connectivity index (χ1) is 14.2. The van der Waals surface area contributed by atoms with Crippen molar-refractivity contribution in [3.63, 3.8) is 0 Å². The molecule has 1 fully saturated rings. The number of aromatic amines is 1. The summed E-state index contributed by atoms with van der Waals surface area (Å²) in [5.41, 5.74) is 2.76. The third-order valence-electron chi connectivity index (χ3n) is 5.39. The molecular weight excluding hydrogens is 370 g/mol. The van der Waals surface area contributed by atoms with Crippen molar-refractivity contribution < 1.29 is 14.2 Å². The molecule has 3 heterocycles. The Hall–Kier alpha value is -3.55. The summed E-state index contributed by atoms with van der Waals surface area (Å²) in [5, 5.41) is 0.866. The molecule has 1 saturated heterocycles. The molecule has 0 unspecified atom stereocenters. The van der Waals surface area contributed by atoms with Gasteiger partial charge in [0.25, 0.3) is 0 Å². The molecule has 8 heteroatoms. The summed E-state index contributed by atoms with van der Waals surface area (Å²) in [4.78, 5) is 19.3. The molecule has 0 aliphatic carbocycles. The number of rotatable bonds is 5. The van der Waals surface area contributed by atoms with Gasteiger partial charge in [-0.1, -0.05) is 12.1 Å². The Balaban J connectivity index is 1.49. The Morgan fingerprint density at radius 1 is 1.00 bits per heavy atom. The van der Waals surface area contributed by atoms with Crippen molar-refractivity contribution in [2.24, 2.45) is 0 Å². The van der Waals surface area contributed by atoms with E-state index in [2.05, 4.69) is 19.9 Å². The summed E-state index contributed by atoms with van der Waals surface area (Å²) in [6, 6.07) is 9.99. The van der Waals surface area contributed by atoms with Crippen LogP contribution in [0.1, 0.15) is 11.7 Å². The molecule has 148 valence electrons. The molecule has 0 saturated carbocycles. The van der Waals surface area contributed by atoms with E-state index < -0.39 is 0 Å². The van der Waals surface area contributed by atoms with Gasteiger partial charge in [-0.25, -0.2) is 15.0 Å². The van der Waals surface area contributed by atoms with Crippen LogP contribution in [-0.2, 0) is 0 Å². The van der Waals surface area contributed by atoms with E-state index in [1.165, 1.54) is 0 Å². The van der Waals surface area contributed by atoms with Crippen LogP contribution in [0.4, 0.5) is 5.82 Å². The molecule has 2 aromatic heterocycles. The lowest BCUT2D eigenvalue weighted by atomic mass is 9.98. The summed E-state index contributed by atoms with van der Waals surface area (Å²) in [6.07, 6.45) is 1.56. The van der Waals surface area contributed by atoms with Gasteiger partial charge >= 0.3 is 0 Å². The van der Waals surface area contributed by atoms with Crippen molar-refractivity contribution in [3.05, 3.63) is 42.5 Å². The Morgan fingerprint density at radius 2 is 1.79 bits per heavy atom. The minimum Gasteiger partial charge on any atom is -0.493 e. The van der Waals surface area contributed by atoms with E-state index in [1.807, 2.05) is 30.3 Å². The highest BCUT2D eigenvalue weighted by molar-refractivity contribution is 5.97. The molecule has 1 aliphatic rings. The Morgan fingerprint density at radius 3 is 2.52 bits per heavy atom. The predicted molar refractivity (Wildman–Crippen MR) is 110 cm³/mol. The average Bonchev–Trinajstić information content (AvgIpc) is 3.14. The molecule has 0 bridgehead atoms. The smallest absolute Gasteiger partial charge is 0.205 e. The van der Waals surface area contributed by atoms with Gasteiger partial charge in [-0.2, -0.15) is 0 Å². The van der Waals surface area contributed by atoms with Crippen molar-refractivity contribution in [1.29, 1.82) is 0 Å². The second kappa shape index (κ2) is 6.80. The molecule has 1 N–H and O–H groups in total. The maximum Gasteiger partial charge on any atom is 0.205 e. The fraction of sp³-hybridized carbons (Fsp3) is 0.286. The van der Waals surface area contributed by atoms with E-state index in [0.717, 1.165) is 41.2 Å². The number of anilines is 1. The van der Waals surface area contributed by atoms with Crippen molar-refractivity contribution in [1.82, 2.24) is 19.9 Å². The molecule has 0 atom stereocenters. The third kappa shape index (κ3) is 2.71. The minimum atomic E-state index is 0.328. The number of fused-ring (bicyclic) bond motifs is 2. The highest BCUT2D eigenvalue weighted by atomic mass is 16.5. The van der Waals surface area contributed by atoms with Crippen molar-refractivity contribution in [2.75, 3.05) is 39.3 Å². The summed E-state index contributed by atoms with van der Waals surface area (Å²) in [6.45, 7) is 1.64. The van der Waals surface area contributed by atoms with Gasteiger partial charge < -0.3 is 24.1 Å². The average molecular weight is 391 g/mol. The van der Waals surface area contributed by atoms with Gasteiger partial charge in [0, 0.05) is 13.1 Å². The first-order valence-electron chi connectivity index (χ1n) is 9.36. The van der Waals surface area contributed by atoms with E-state index in [1.54, 1.807) is 27.7 Å². The van der Waals surface area contributed by atoms with Crippen LogP contribution in [0.25, 0.3) is 21.9 Å². The SMILES string of the molecule is COc1cc2c(N3CC(c4nc5ccccc5[nH]4)C3)ncnc2c(OC)c1OC. The highest BCUT2D eigenvalue weighted by Crippen LogP contribution is 2.45. The molecule has 0 amide bonds. The number of ether oxygens (including phenoxy) is 3. The number of hydrogen-bond acceptors (Lipinski definition) is 7. The summed E-state index contributed by atoms with van der Waals surface area (Å²) < 4.78 is 16.6. The van der Waals surface area contributed by atoms with E-state index in [9.17, 15) is 0 Å². The van der Waals surface area contributed by atoms with Crippen LogP contribution < -0.4 is 19.1 Å². The first kappa shape index (κ1) is 17.5. The zero-order chi connectivity index (χ0) is 20.0. The van der Waals surface area contributed by atoms with Crippen LogP contribution in [0.2, 0.25) is 0 Å². The number of para-hydroxylation sites is 2. The Bertz CT molecular complexity index is 1170. The number of nitrogens with one attached hydrogen (secondary N) is 1. The van der Waals surface area contributed by atoms with Gasteiger partial charge in [0.05, 0.1) is 43.7 Å². The zero-order valence-corrected chi connectivity index (χ0v) is 16.5. The van der Waals surface area contributed by atoms with E-state index >= 15 is 0 Å². The number of aromatic nitrogens is 4. The molecule has 1 aliphatic heterocycles. The van der Waals surface area contributed by atoms with Crippen LogP contribution in [0, 0.1) is 0 Å². The van der Waals surface area contributed by atoms with E-state index in [4.69, 9.17) is 19.2 Å². The Kier molecular flexibility index (Phi) is 4.12. The molecular formula is C21H21N5O3. The maximum absolute atomic E-state index is 5.57. The lowest BCUT2D eigenvalue weighted by Crippen LogP contribution is -2.46. The second-order valence-electron chi connectivity index (χ2n) is 6.98. The summed E-state index contributed by atoms with van der Waals surface area (Å²) in [5.74, 6) is 3.84. The van der Waals surface area contributed by atoms with Crippen LogP contribution in [0.15, 0.2) is 36.7 Å². The fourth-order valence-corrected chi connectivity index (χ4v) is 3.89. The number of hydrogen-bond donors (Lipinski definition) is 1. The lowest BCUT2D eigenvalue weighted by molar-refractivity contribution is 0.327. The topological polar surface area (TPSA) is 85.4 Å².